The maximum absolute atomic E-state index is 5.46. The molecule has 2 heterocycles. The van der Waals surface area contributed by atoms with E-state index in [-0.39, 0.29) is 0 Å². The quantitative estimate of drug-likeness (QED) is 0.538. The molecule has 0 saturated carbocycles. The van der Waals surface area contributed by atoms with Crippen molar-refractivity contribution in [3.63, 3.8) is 0 Å². The topological polar surface area (TPSA) is 40.1 Å². The van der Waals surface area contributed by atoms with Crippen LogP contribution < -0.4 is 5.32 Å². The summed E-state index contributed by atoms with van der Waals surface area (Å²) in [7, 11) is 4.08. The second-order valence-corrected chi connectivity index (χ2v) is 7.73. The van der Waals surface area contributed by atoms with Crippen molar-refractivity contribution in [3.8, 4) is 0 Å². The minimum Gasteiger partial charge on any atom is -0.381 e. The van der Waals surface area contributed by atoms with E-state index in [2.05, 4.69) is 34.1 Å². The maximum atomic E-state index is 5.46. The van der Waals surface area contributed by atoms with Crippen molar-refractivity contribution in [2.24, 2.45) is 10.9 Å². The average molecular weight is 353 g/mol. The van der Waals surface area contributed by atoms with Gasteiger partial charge in [0.25, 0.3) is 0 Å². The highest BCUT2D eigenvalue weighted by Gasteiger charge is 2.22. The Labute approximate surface area is 155 Å². The van der Waals surface area contributed by atoms with Crippen LogP contribution in [0.25, 0.3) is 0 Å². The predicted molar refractivity (Wildman–Crippen MR) is 106 cm³/mol. The van der Waals surface area contributed by atoms with E-state index in [1.165, 1.54) is 64.5 Å². The highest BCUT2D eigenvalue weighted by atomic mass is 16.5. The Morgan fingerprint density at radius 2 is 2.04 bits per heavy atom. The Morgan fingerprint density at radius 3 is 2.76 bits per heavy atom. The van der Waals surface area contributed by atoms with Gasteiger partial charge in [-0.15, -0.1) is 0 Å². The molecule has 0 aromatic rings. The molecule has 0 radical (unpaired) electrons. The number of hydrogen-bond acceptors (Lipinski definition) is 3. The third-order valence-corrected chi connectivity index (χ3v) is 5.83. The van der Waals surface area contributed by atoms with Gasteiger partial charge in [-0.1, -0.05) is 19.8 Å². The van der Waals surface area contributed by atoms with E-state index in [1.54, 1.807) is 0 Å². The summed E-state index contributed by atoms with van der Waals surface area (Å²) < 4.78 is 5.46. The zero-order chi connectivity index (χ0) is 17.9. The van der Waals surface area contributed by atoms with Gasteiger partial charge in [-0.25, -0.2) is 0 Å². The molecule has 0 aromatic heterocycles. The molecular formula is C20H40N4O. The van der Waals surface area contributed by atoms with E-state index < -0.39 is 0 Å². The van der Waals surface area contributed by atoms with E-state index in [0.717, 1.165) is 38.2 Å². The normalized spacial score (nSPS) is 23.6. The standard InChI is InChI=1S/C20H40N4O/c1-4-5-12-24-13-7-6-8-19(24)17-22-20(21-2)23(3)14-9-18-10-15-25-16-11-18/h18-19H,4-17H2,1-3H3,(H,21,22). The summed E-state index contributed by atoms with van der Waals surface area (Å²) in [5.74, 6) is 1.87. The first-order valence-corrected chi connectivity index (χ1v) is 10.5. The first-order valence-electron chi connectivity index (χ1n) is 10.5. The van der Waals surface area contributed by atoms with E-state index in [0.29, 0.717) is 6.04 Å². The minimum atomic E-state index is 0.668. The molecule has 0 aromatic carbocycles. The lowest BCUT2D eigenvalue weighted by Gasteiger charge is -2.36. The number of rotatable bonds is 8. The van der Waals surface area contributed by atoms with Crippen molar-refractivity contribution in [1.82, 2.24) is 15.1 Å². The van der Waals surface area contributed by atoms with Crippen LogP contribution in [0.15, 0.2) is 4.99 Å². The van der Waals surface area contributed by atoms with Crippen LogP contribution in [0.2, 0.25) is 0 Å². The molecule has 0 bridgehead atoms. The molecule has 146 valence electrons. The Kier molecular flexibility index (Phi) is 9.63. The molecule has 1 N–H and O–H groups in total. The minimum absolute atomic E-state index is 0.668. The first kappa shape index (κ1) is 20.5. The molecule has 2 aliphatic heterocycles. The molecule has 0 aliphatic carbocycles. The molecule has 2 rings (SSSR count). The van der Waals surface area contributed by atoms with Crippen LogP contribution >= 0.6 is 0 Å². The lowest BCUT2D eigenvalue weighted by Crippen LogP contribution is -2.49. The molecule has 0 spiro atoms. The number of likely N-dealkylation sites (tertiary alicyclic amines) is 1. The smallest absolute Gasteiger partial charge is 0.193 e. The van der Waals surface area contributed by atoms with Gasteiger partial charge < -0.3 is 15.0 Å². The Morgan fingerprint density at radius 1 is 1.24 bits per heavy atom. The second kappa shape index (κ2) is 11.7. The third kappa shape index (κ3) is 7.14. The van der Waals surface area contributed by atoms with Gasteiger partial charge in [0.1, 0.15) is 0 Å². The van der Waals surface area contributed by atoms with Crippen molar-refractivity contribution in [2.45, 2.75) is 64.3 Å². The molecule has 2 fully saturated rings. The first-order chi connectivity index (χ1) is 12.2. The van der Waals surface area contributed by atoms with Crippen molar-refractivity contribution in [1.29, 1.82) is 0 Å². The van der Waals surface area contributed by atoms with E-state index in [4.69, 9.17) is 4.74 Å². The van der Waals surface area contributed by atoms with Crippen molar-refractivity contribution >= 4 is 5.96 Å². The van der Waals surface area contributed by atoms with Gasteiger partial charge in [-0.2, -0.15) is 0 Å². The van der Waals surface area contributed by atoms with Crippen LogP contribution in [0.5, 0.6) is 0 Å². The number of unbranched alkanes of at least 4 members (excludes halogenated alkanes) is 1. The summed E-state index contributed by atoms with van der Waals surface area (Å²) in [6.45, 7) is 8.79. The van der Waals surface area contributed by atoms with Crippen LogP contribution in [-0.2, 0) is 4.74 Å². The lowest BCUT2D eigenvalue weighted by molar-refractivity contribution is 0.0625. The van der Waals surface area contributed by atoms with Crippen molar-refractivity contribution < 1.29 is 4.74 Å². The monoisotopic (exact) mass is 352 g/mol. The van der Waals surface area contributed by atoms with E-state index in [9.17, 15) is 0 Å². The molecule has 5 heteroatoms. The molecule has 5 nitrogen and oxygen atoms in total. The number of hydrogen-bond donors (Lipinski definition) is 1. The Bertz CT molecular complexity index is 382. The van der Waals surface area contributed by atoms with Gasteiger partial charge in [0.2, 0.25) is 0 Å². The number of nitrogens with one attached hydrogen (secondary N) is 1. The fraction of sp³-hybridized carbons (Fsp3) is 0.950. The summed E-state index contributed by atoms with van der Waals surface area (Å²) in [5.41, 5.74) is 0. The van der Waals surface area contributed by atoms with Crippen LogP contribution in [0, 0.1) is 5.92 Å². The molecule has 2 saturated heterocycles. The van der Waals surface area contributed by atoms with Gasteiger partial charge in [-0.3, -0.25) is 9.89 Å². The van der Waals surface area contributed by atoms with Gasteiger partial charge in [0.15, 0.2) is 5.96 Å². The van der Waals surface area contributed by atoms with Crippen LogP contribution in [0.3, 0.4) is 0 Å². The highest BCUT2D eigenvalue weighted by molar-refractivity contribution is 5.79. The average Bonchev–Trinajstić information content (AvgIpc) is 2.66. The zero-order valence-electron chi connectivity index (χ0n) is 16.8. The Balaban J connectivity index is 1.73. The summed E-state index contributed by atoms with van der Waals surface area (Å²) in [6.07, 6.45) is 10.3. The van der Waals surface area contributed by atoms with Crippen LogP contribution in [-0.4, -0.2) is 75.3 Å². The number of nitrogens with zero attached hydrogens (tertiary/aromatic N) is 3. The van der Waals surface area contributed by atoms with Gasteiger partial charge in [0, 0.05) is 46.4 Å². The summed E-state index contributed by atoms with van der Waals surface area (Å²) >= 11 is 0. The molecule has 0 amide bonds. The molecule has 25 heavy (non-hydrogen) atoms. The second-order valence-electron chi connectivity index (χ2n) is 7.73. The van der Waals surface area contributed by atoms with E-state index in [1.807, 2.05) is 7.05 Å². The van der Waals surface area contributed by atoms with Crippen molar-refractivity contribution in [2.75, 3.05) is 53.5 Å². The number of guanidine groups is 1. The molecular weight excluding hydrogens is 312 g/mol. The molecule has 1 unspecified atom stereocenters. The fourth-order valence-electron chi connectivity index (χ4n) is 4.06. The summed E-state index contributed by atoms with van der Waals surface area (Å²) in [6, 6.07) is 0.668. The number of ether oxygens (including phenoxy) is 1. The highest BCUT2D eigenvalue weighted by Crippen LogP contribution is 2.19. The molecule has 2 aliphatic rings. The van der Waals surface area contributed by atoms with Gasteiger partial charge >= 0.3 is 0 Å². The zero-order valence-corrected chi connectivity index (χ0v) is 16.8. The van der Waals surface area contributed by atoms with Gasteiger partial charge in [0.05, 0.1) is 0 Å². The maximum Gasteiger partial charge on any atom is 0.193 e. The summed E-state index contributed by atoms with van der Waals surface area (Å²) in [5, 5.41) is 3.64. The van der Waals surface area contributed by atoms with Crippen LogP contribution in [0.4, 0.5) is 0 Å². The van der Waals surface area contributed by atoms with Gasteiger partial charge in [-0.05, 0) is 57.5 Å². The SMILES string of the molecule is CCCCN1CCCCC1CNC(=NC)N(C)CCC1CCOCC1. The lowest BCUT2D eigenvalue weighted by atomic mass is 9.96. The third-order valence-electron chi connectivity index (χ3n) is 5.83. The number of aliphatic imine (C=N–C) groups is 1. The van der Waals surface area contributed by atoms with E-state index >= 15 is 0 Å². The van der Waals surface area contributed by atoms with Crippen LogP contribution in [0.1, 0.15) is 58.3 Å². The largest absolute Gasteiger partial charge is 0.381 e. The summed E-state index contributed by atoms with van der Waals surface area (Å²) in [4.78, 5) is 9.50. The Hall–Kier alpha value is -0.810. The van der Waals surface area contributed by atoms with Crippen molar-refractivity contribution in [3.05, 3.63) is 0 Å². The molecule has 1 atom stereocenters. The predicted octanol–water partition coefficient (Wildman–Crippen LogP) is 2.96. The number of piperidine rings is 1. The fourth-order valence-corrected chi connectivity index (χ4v) is 4.06.